The van der Waals surface area contributed by atoms with Gasteiger partial charge in [-0.15, -0.1) is 0 Å². The zero-order chi connectivity index (χ0) is 30.3. The van der Waals surface area contributed by atoms with E-state index < -0.39 is 36.3 Å². The highest BCUT2D eigenvalue weighted by molar-refractivity contribution is 5.84. The third-order valence-corrected chi connectivity index (χ3v) is 7.75. The monoisotopic (exact) mass is 560 g/mol. The summed E-state index contributed by atoms with van der Waals surface area (Å²) in [7, 11) is 0. The van der Waals surface area contributed by atoms with Crippen LogP contribution in [-0.2, 0) is 14.4 Å². The molecule has 2 rings (SSSR count). The van der Waals surface area contributed by atoms with Gasteiger partial charge < -0.3 is 35.3 Å². The molecule has 2 amide bonds. The van der Waals surface area contributed by atoms with Gasteiger partial charge in [0, 0.05) is 38.0 Å². The van der Waals surface area contributed by atoms with Crippen LogP contribution in [0.25, 0.3) is 0 Å². The molecule has 7 atom stereocenters. The van der Waals surface area contributed by atoms with E-state index in [1.54, 1.807) is 11.8 Å². The quantitative estimate of drug-likeness (QED) is 0.217. The van der Waals surface area contributed by atoms with Crippen LogP contribution < -0.4 is 0 Å². The number of likely N-dealkylation sites (tertiary alicyclic amines) is 1. The van der Waals surface area contributed by atoms with Crippen LogP contribution in [0.5, 0.6) is 0 Å². The van der Waals surface area contributed by atoms with Crippen molar-refractivity contribution in [2.24, 2.45) is 23.2 Å². The Kier molecular flexibility index (Phi) is 17.7. The van der Waals surface area contributed by atoms with Gasteiger partial charge in [-0.3, -0.25) is 14.4 Å². The number of piperidine rings is 1. The van der Waals surface area contributed by atoms with Crippen molar-refractivity contribution < 1.29 is 39.9 Å². The van der Waals surface area contributed by atoms with Crippen molar-refractivity contribution in [2.45, 2.75) is 112 Å². The summed E-state index contributed by atoms with van der Waals surface area (Å²) >= 11 is 0. The molecule has 230 valence electrons. The van der Waals surface area contributed by atoms with Gasteiger partial charge in [0.1, 0.15) is 12.2 Å². The molecule has 2 fully saturated rings. The lowest BCUT2D eigenvalue weighted by molar-refractivity contribution is -0.144. The summed E-state index contributed by atoms with van der Waals surface area (Å²) in [5, 5.41) is 44.0. The first-order chi connectivity index (χ1) is 18.3. The molecule has 1 aliphatic carbocycles. The number of fused-ring (bicyclic) bond motifs is 1. The fourth-order valence-electron chi connectivity index (χ4n) is 4.81. The maximum Gasteiger partial charge on any atom is 0.311 e. The summed E-state index contributed by atoms with van der Waals surface area (Å²) < 4.78 is 0. The fourth-order valence-corrected chi connectivity index (χ4v) is 4.81. The lowest BCUT2D eigenvalue weighted by Crippen LogP contribution is -2.38. The van der Waals surface area contributed by atoms with Crippen molar-refractivity contribution in [1.82, 2.24) is 9.80 Å². The zero-order valence-electron chi connectivity index (χ0n) is 25.3. The van der Waals surface area contributed by atoms with Crippen LogP contribution in [-0.4, -0.2) is 104 Å². The van der Waals surface area contributed by atoms with Gasteiger partial charge in [-0.1, -0.05) is 54.9 Å². The number of hydrogen-bond donors (Lipinski definition) is 5. The van der Waals surface area contributed by atoms with E-state index in [0.29, 0.717) is 25.4 Å². The molecule has 0 aromatic carbocycles. The molecule has 0 aromatic rings. The van der Waals surface area contributed by atoms with Gasteiger partial charge in [-0.25, -0.2) is 0 Å². The Morgan fingerprint density at radius 1 is 0.897 bits per heavy atom. The van der Waals surface area contributed by atoms with Crippen molar-refractivity contribution in [3.63, 3.8) is 0 Å². The minimum atomic E-state index is -1.24. The molecule has 2 aliphatic rings. The molecule has 1 saturated carbocycles. The summed E-state index contributed by atoms with van der Waals surface area (Å²) in [6.07, 6.45) is 2.63. The number of aliphatic hydroxyl groups excluding tert-OH is 4. The first-order valence-corrected chi connectivity index (χ1v) is 14.8. The number of aliphatic carboxylic acids is 1. The lowest BCUT2D eigenvalue weighted by Gasteiger charge is -2.24. The van der Waals surface area contributed by atoms with Crippen molar-refractivity contribution in [2.75, 3.05) is 32.8 Å². The van der Waals surface area contributed by atoms with Crippen molar-refractivity contribution in [3.05, 3.63) is 0 Å². The molecule has 5 N–H and O–H groups in total. The number of aliphatic hydroxyl groups is 4. The predicted octanol–water partition coefficient (Wildman–Crippen LogP) is 2.51. The van der Waals surface area contributed by atoms with E-state index in [2.05, 4.69) is 27.7 Å². The van der Waals surface area contributed by atoms with Crippen molar-refractivity contribution in [3.8, 4) is 0 Å². The second-order valence-corrected chi connectivity index (χ2v) is 11.1. The molecule has 39 heavy (non-hydrogen) atoms. The van der Waals surface area contributed by atoms with Crippen molar-refractivity contribution in [1.29, 1.82) is 0 Å². The third-order valence-electron chi connectivity index (χ3n) is 7.75. The van der Waals surface area contributed by atoms with Gasteiger partial charge in [-0.2, -0.15) is 0 Å². The largest absolute Gasteiger partial charge is 0.481 e. The van der Waals surface area contributed by atoms with Crippen LogP contribution in [0.4, 0.5) is 0 Å². The Bertz CT molecular complexity index is 720. The average molecular weight is 561 g/mol. The van der Waals surface area contributed by atoms with E-state index in [1.807, 2.05) is 18.7 Å². The molecule has 1 heterocycles. The number of carbonyl (C=O) groups excluding carboxylic acids is 2. The van der Waals surface area contributed by atoms with E-state index in [4.69, 9.17) is 25.5 Å². The summed E-state index contributed by atoms with van der Waals surface area (Å²) in [5.41, 5.74) is -0.582. The van der Waals surface area contributed by atoms with Gasteiger partial charge in [0.25, 0.3) is 0 Å². The molecular weight excluding hydrogens is 504 g/mol. The summed E-state index contributed by atoms with van der Waals surface area (Å²) in [6, 6.07) is 0. The van der Waals surface area contributed by atoms with E-state index in [-0.39, 0.29) is 23.7 Å². The van der Waals surface area contributed by atoms with E-state index in [9.17, 15) is 14.4 Å². The minimum Gasteiger partial charge on any atom is -0.481 e. The highest BCUT2D eigenvalue weighted by Gasteiger charge is 2.66. The van der Waals surface area contributed by atoms with Crippen LogP contribution in [0, 0.1) is 23.2 Å². The molecule has 0 aromatic heterocycles. The summed E-state index contributed by atoms with van der Waals surface area (Å²) in [4.78, 5) is 38.6. The van der Waals surface area contributed by atoms with Gasteiger partial charge >= 0.3 is 5.97 Å². The number of nitrogens with zero attached hydrogens (tertiary/aromatic N) is 2. The maximum absolute atomic E-state index is 12.0. The molecule has 0 spiro atoms. The standard InChI is InChI=1S/C12H19NO3.C11H23NO.C6H14O4/c1-3-4-8(2)10(14)13-6-9-5-12(9,7-13)11(15)16;1-5-8-12(9-6-2)11(13)10(4)7-3;1-2-4(8)6(10)5(9)3-7/h8-9H,3-7H2,1-2H3,(H,15,16);10H,5-9H2,1-4H3;4-10H,2-3H2,1H3/t;;4-,5+,6-/m..0/s1. The molecule has 1 saturated heterocycles. The van der Waals surface area contributed by atoms with Crippen LogP contribution in [0.1, 0.15) is 93.4 Å². The Morgan fingerprint density at radius 2 is 1.46 bits per heavy atom. The second kappa shape index (κ2) is 18.6. The zero-order valence-corrected chi connectivity index (χ0v) is 25.3. The highest BCUT2D eigenvalue weighted by atomic mass is 16.4. The van der Waals surface area contributed by atoms with Gasteiger partial charge in [0.2, 0.25) is 11.8 Å². The normalized spacial score (nSPS) is 23.1. The van der Waals surface area contributed by atoms with Crippen LogP contribution in [0.15, 0.2) is 0 Å². The van der Waals surface area contributed by atoms with Gasteiger partial charge in [0.05, 0.1) is 18.1 Å². The molecule has 10 nitrogen and oxygen atoms in total. The first kappa shape index (κ1) is 37.2. The fraction of sp³-hybridized carbons (Fsp3) is 0.897. The van der Waals surface area contributed by atoms with Crippen LogP contribution in [0.2, 0.25) is 0 Å². The second-order valence-electron chi connectivity index (χ2n) is 11.1. The van der Waals surface area contributed by atoms with Crippen molar-refractivity contribution >= 4 is 17.8 Å². The predicted molar refractivity (Wildman–Crippen MR) is 151 cm³/mol. The lowest BCUT2D eigenvalue weighted by atomic mass is 10.0. The minimum absolute atomic E-state index is 0.0355. The molecule has 4 unspecified atom stereocenters. The van der Waals surface area contributed by atoms with Crippen LogP contribution >= 0.6 is 0 Å². The Hall–Kier alpha value is -1.75. The van der Waals surface area contributed by atoms with E-state index in [0.717, 1.165) is 51.6 Å². The summed E-state index contributed by atoms with van der Waals surface area (Å²) in [5.74, 6) is 0.172. The average Bonchev–Trinajstić information content (AvgIpc) is 3.51. The molecule has 0 bridgehead atoms. The Balaban J connectivity index is 0.000000574. The molecule has 10 heteroatoms. The van der Waals surface area contributed by atoms with E-state index in [1.165, 1.54) is 0 Å². The van der Waals surface area contributed by atoms with E-state index >= 15 is 0 Å². The Morgan fingerprint density at radius 3 is 1.85 bits per heavy atom. The number of amides is 2. The molecular formula is C29H56N2O8. The number of hydrogen-bond acceptors (Lipinski definition) is 7. The third kappa shape index (κ3) is 11.3. The number of rotatable bonds is 14. The highest BCUT2D eigenvalue weighted by Crippen LogP contribution is 2.58. The number of carbonyl (C=O) groups is 3. The topological polar surface area (TPSA) is 159 Å². The molecule has 1 aliphatic heterocycles. The number of carboxylic acids is 1. The maximum atomic E-state index is 12.0. The van der Waals surface area contributed by atoms with Crippen LogP contribution in [0.3, 0.4) is 0 Å². The first-order valence-electron chi connectivity index (χ1n) is 14.8. The van der Waals surface area contributed by atoms with Gasteiger partial charge in [-0.05, 0) is 44.4 Å². The SMILES string of the molecule is CCCC(C)C(=O)N1CC2CC2(C(=O)O)C1.CCCN(CCC)C(=O)C(C)CC.CC[C@H](O)[C@H](O)[C@H](O)CO. The van der Waals surface area contributed by atoms with Gasteiger partial charge in [0.15, 0.2) is 0 Å². The molecule has 0 radical (unpaired) electrons. The summed E-state index contributed by atoms with van der Waals surface area (Å²) in [6.45, 7) is 16.4. The Labute approximate surface area is 235 Å². The smallest absolute Gasteiger partial charge is 0.311 e. The number of carboxylic acid groups (broad SMARTS) is 1.